The fourth-order valence-corrected chi connectivity index (χ4v) is 3.41. The molecule has 2 saturated heterocycles. The van der Waals surface area contributed by atoms with Crippen LogP contribution in [0.25, 0.3) is 0 Å². The maximum Gasteiger partial charge on any atom is 0.225 e. The summed E-state index contributed by atoms with van der Waals surface area (Å²) in [5.74, 6) is 1.29. The van der Waals surface area contributed by atoms with E-state index in [0.717, 1.165) is 52.0 Å². The SMILES string of the molecule is CNCCC(=O)N1CCC(C(=O)N2CCCC(C)C2)CC1.Cl. The molecule has 0 spiro atoms. The second-order valence-electron chi connectivity index (χ2n) is 6.54. The Bertz CT molecular complexity index is 370. The lowest BCUT2D eigenvalue weighted by Gasteiger charge is -2.37. The van der Waals surface area contributed by atoms with Crippen LogP contribution in [0, 0.1) is 11.8 Å². The highest BCUT2D eigenvalue weighted by atomic mass is 35.5. The van der Waals surface area contributed by atoms with Crippen molar-refractivity contribution in [1.29, 1.82) is 0 Å². The molecule has 1 unspecified atom stereocenters. The van der Waals surface area contributed by atoms with Crippen molar-refractivity contribution in [3.63, 3.8) is 0 Å². The average molecular weight is 332 g/mol. The maximum absolute atomic E-state index is 12.6. The van der Waals surface area contributed by atoms with Crippen LogP contribution in [-0.4, -0.2) is 61.4 Å². The van der Waals surface area contributed by atoms with E-state index >= 15 is 0 Å². The Morgan fingerprint density at radius 1 is 1.09 bits per heavy atom. The molecule has 0 aromatic heterocycles. The minimum Gasteiger partial charge on any atom is -0.343 e. The second kappa shape index (κ2) is 9.36. The van der Waals surface area contributed by atoms with E-state index in [0.29, 0.717) is 18.2 Å². The van der Waals surface area contributed by atoms with E-state index in [2.05, 4.69) is 17.1 Å². The maximum atomic E-state index is 12.6. The third-order valence-corrected chi connectivity index (χ3v) is 4.75. The number of likely N-dealkylation sites (tertiary alicyclic amines) is 2. The van der Waals surface area contributed by atoms with Gasteiger partial charge in [-0.05, 0) is 38.6 Å². The molecule has 2 rings (SSSR count). The summed E-state index contributed by atoms with van der Waals surface area (Å²) >= 11 is 0. The lowest BCUT2D eigenvalue weighted by Crippen LogP contribution is -2.47. The van der Waals surface area contributed by atoms with Crippen molar-refractivity contribution in [3.05, 3.63) is 0 Å². The highest BCUT2D eigenvalue weighted by molar-refractivity contribution is 5.85. The van der Waals surface area contributed by atoms with Gasteiger partial charge in [-0.15, -0.1) is 12.4 Å². The summed E-state index contributed by atoms with van der Waals surface area (Å²) in [6.45, 7) is 6.27. The number of carbonyl (C=O) groups is 2. The van der Waals surface area contributed by atoms with Crippen molar-refractivity contribution in [2.45, 2.75) is 39.0 Å². The third-order valence-electron chi connectivity index (χ3n) is 4.75. The molecule has 2 amide bonds. The van der Waals surface area contributed by atoms with Crippen molar-refractivity contribution in [2.75, 3.05) is 39.8 Å². The first-order chi connectivity index (χ1) is 10.1. The van der Waals surface area contributed by atoms with Gasteiger partial charge in [0.25, 0.3) is 0 Å². The Hall–Kier alpha value is -0.810. The number of halogens is 1. The van der Waals surface area contributed by atoms with E-state index in [9.17, 15) is 9.59 Å². The van der Waals surface area contributed by atoms with Crippen LogP contribution in [0.15, 0.2) is 0 Å². The summed E-state index contributed by atoms with van der Waals surface area (Å²) in [4.78, 5) is 28.5. The summed E-state index contributed by atoms with van der Waals surface area (Å²) in [6, 6.07) is 0. The van der Waals surface area contributed by atoms with Crippen molar-refractivity contribution in [2.24, 2.45) is 11.8 Å². The van der Waals surface area contributed by atoms with Crippen LogP contribution in [-0.2, 0) is 9.59 Å². The normalized spacial score (nSPS) is 23.1. The van der Waals surface area contributed by atoms with Crippen LogP contribution in [0.3, 0.4) is 0 Å². The van der Waals surface area contributed by atoms with Crippen molar-refractivity contribution in [1.82, 2.24) is 15.1 Å². The number of amides is 2. The Labute approximate surface area is 140 Å². The first-order valence-electron chi connectivity index (χ1n) is 8.33. The van der Waals surface area contributed by atoms with Crippen LogP contribution < -0.4 is 5.32 Å². The highest BCUT2D eigenvalue weighted by Crippen LogP contribution is 2.23. The third kappa shape index (κ3) is 5.13. The molecule has 5 nitrogen and oxygen atoms in total. The van der Waals surface area contributed by atoms with Crippen LogP contribution >= 0.6 is 12.4 Å². The summed E-state index contributed by atoms with van der Waals surface area (Å²) in [5.41, 5.74) is 0. The predicted octanol–water partition coefficient (Wildman–Crippen LogP) is 1.51. The van der Waals surface area contributed by atoms with Gasteiger partial charge in [-0.25, -0.2) is 0 Å². The molecule has 22 heavy (non-hydrogen) atoms. The molecule has 0 bridgehead atoms. The minimum absolute atomic E-state index is 0. The summed E-state index contributed by atoms with van der Waals surface area (Å²) in [7, 11) is 1.86. The van der Waals surface area contributed by atoms with Crippen LogP contribution in [0.4, 0.5) is 0 Å². The van der Waals surface area contributed by atoms with Crippen molar-refractivity contribution in [3.8, 4) is 0 Å². The van der Waals surface area contributed by atoms with Crippen molar-refractivity contribution < 1.29 is 9.59 Å². The second-order valence-corrected chi connectivity index (χ2v) is 6.54. The zero-order valence-corrected chi connectivity index (χ0v) is 14.7. The fraction of sp³-hybridized carbons (Fsp3) is 0.875. The summed E-state index contributed by atoms with van der Waals surface area (Å²) < 4.78 is 0. The Kier molecular flexibility index (Phi) is 8.18. The molecular formula is C16H30ClN3O2. The van der Waals surface area contributed by atoms with Gasteiger partial charge in [-0.1, -0.05) is 6.92 Å². The molecule has 0 aromatic carbocycles. The van der Waals surface area contributed by atoms with E-state index in [4.69, 9.17) is 0 Å². The Morgan fingerprint density at radius 3 is 2.36 bits per heavy atom. The predicted molar refractivity (Wildman–Crippen MR) is 90.1 cm³/mol. The lowest BCUT2D eigenvalue weighted by atomic mass is 9.92. The number of nitrogens with one attached hydrogen (secondary N) is 1. The smallest absolute Gasteiger partial charge is 0.225 e. The number of hydrogen-bond acceptors (Lipinski definition) is 3. The molecule has 2 heterocycles. The molecule has 1 N–H and O–H groups in total. The van der Waals surface area contributed by atoms with Gasteiger partial charge in [0.05, 0.1) is 0 Å². The standard InChI is InChI=1S/C16H29N3O2.ClH/c1-13-4-3-9-19(12-13)16(21)14-6-10-18(11-7-14)15(20)5-8-17-2;/h13-14,17H,3-12H2,1-2H3;1H. The monoisotopic (exact) mass is 331 g/mol. The molecule has 0 radical (unpaired) electrons. The van der Waals surface area contributed by atoms with Gasteiger partial charge >= 0.3 is 0 Å². The van der Waals surface area contributed by atoms with Gasteiger partial charge in [-0.3, -0.25) is 9.59 Å². The summed E-state index contributed by atoms with van der Waals surface area (Å²) in [6.07, 6.45) is 4.58. The van der Waals surface area contributed by atoms with E-state index in [-0.39, 0.29) is 24.2 Å². The highest BCUT2D eigenvalue weighted by Gasteiger charge is 2.31. The zero-order chi connectivity index (χ0) is 15.2. The van der Waals surface area contributed by atoms with Crippen LogP contribution in [0.5, 0.6) is 0 Å². The zero-order valence-electron chi connectivity index (χ0n) is 13.8. The molecule has 2 aliphatic rings. The molecule has 6 heteroatoms. The van der Waals surface area contributed by atoms with Crippen molar-refractivity contribution >= 4 is 24.2 Å². The lowest BCUT2D eigenvalue weighted by molar-refractivity contribution is -0.142. The van der Waals surface area contributed by atoms with Gasteiger partial charge in [-0.2, -0.15) is 0 Å². The average Bonchev–Trinajstić information content (AvgIpc) is 2.52. The molecule has 128 valence electrons. The summed E-state index contributed by atoms with van der Waals surface area (Å²) in [5, 5.41) is 3.00. The Morgan fingerprint density at radius 2 is 1.77 bits per heavy atom. The van der Waals surface area contributed by atoms with Crippen LogP contribution in [0.2, 0.25) is 0 Å². The van der Waals surface area contributed by atoms with E-state index in [1.54, 1.807) is 0 Å². The molecular weight excluding hydrogens is 302 g/mol. The number of hydrogen-bond donors (Lipinski definition) is 1. The largest absolute Gasteiger partial charge is 0.343 e. The molecule has 1 atom stereocenters. The van der Waals surface area contributed by atoms with Gasteiger partial charge in [0, 0.05) is 45.1 Å². The molecule has 0 aromatic rings. The Balaban J connectivity index is 0.00000242. The van der Waals surface area contributed by atoms with E-state index in [1.807, 2.05) is 11.9 Å². The number of nitrogens with zero attached hydrogens (tertiary/aromatic N) is 2. The minimum atomic E-state index is 0. The number of piperidine rings is 2. The van der Waals surface area contributed by atoms with Crippen LogP contribution in [0.1, 0.15) is 39.0 Å². The van der Waals surface area contributed by atoms with Gasteiger partial charge in [0.2, 0.25) is 11.8 Å². The molecule has 2 fully saturated rings. The number of rotatable bonds is 4. The topological polar surface area (TPSA) is 52.7 Å². The molecule has 0 aliphatic carbocycles. The first kappa shape index (κ1) is 19.2. The van der Waals surface area contributed by atoms with E-state index in [1.165, 1.54) is 6.42 Å². The molecule has 0 saturated carbocycles. The van der Waals surface area contributed by atoms with E-state index < -0.39 is 0 Å². The fourth-order valence-electron chi connectivity index (χ4n) is 3.41. The van der Waals surface area contributed by atoms with Gasteiger partial charge < -0.3 is 15.1 Å². The number of carbonyl (C=O) groups excluding carboxylic acids is 2. The molecule has 2 aliphatic heterocycles. The quantitative estimate of drug-likeness (QED) is 0.849. The van der Waals surface area contributed by atoms with Gasteiger partial charge in [0.1, 0.15) is 0 Å². The van der Waals surface area contributed by atoms with Gasteiger partial charge in [0.15, 0.2) is 0 Å². The first-order valence-corrected chi connectivity index (χ1v) is 8.33.